The van der Waals surface area contributed by atoms with Crippen LogP contribution < -0.4 is 5.73 Å². The molecule has 2 aliphatic heterocycles. The molecule has 2 aromatic heterocycles. The Balaban J connectivity index is 1.68. The van der Waals surface area contributed by atoms with Crippen LogP contribution in [0.4, 0.5) is 5.82 Å². The Morgan fingerprint density at radius 3 is 2.59 bits per heavy atom. The predicted octanol–water partition coefficient (Wildman–Crippen LogP) is 2.51. The lowest BCUT2D eigenvalue weighted by molar-refractivity contribution is -0.195. The van der Waals surface area contributed by atoms with E-state index in [2.05, 4.69) is 9.97 Å². The minimum Gasteiger partial charge on any atom is -0.383 e. The van der Waals surface area contributed by atoms with E-state index in [1.54, 1.807) is 4.68 Å². The molecule has 0 unspecified atom stereocenters. The number of nitrogen functional groups attached to an aromatic ring is 1. The highest BCUT2D eigenvalue weighted by Gasteiger charge is 2.55. The van der Waals surface area contributed by atoms with E-state index in [9.17, 15) is 0 Å². The Bertz CT molecular complexity index is 1000. The summed E-state index contributed by atoms with van der Waals surface area (Å²) in [5.41, 5.74) is 8.46. The minimum atomic E-state index is -0.662. The summed E-state index contributed by atoms with van der Waals surface area (Å²) in [4.78, 5) is 8.60. The van der Waals surface area contributed by atoms with Crippen LogP contribution in [-0.2, 0) is 14.2 Å². The molecule has 8 nitrogen and oxygen atoms in total. The molecule has 1 aromatic carbocycles. The lowest BCUT2D eigenvalue weighted by Gasteiger charge is -2.23. The van der Waals surface area contributed by atoms with Gasteiger partial charge in [0, 0.05) is 5.56 Å². The molecule has 2 fully saturated rings. The van der Waals surface area contributed by atoms with Gasteiger partial charge in [-0.15, -0.1) is 0 Å². The van der Waals surface area contributed by atoms with Crippen molar-refractivity contribution in [1.82, 2.24) is 19.7 Å². The number of nitrogens with zero attached hydrogens (tertiary/aromatic N) is 4. The molecule has 140 valence electrons. The van der Waals surface area contributed by atoms with Gasteiger partial charge in [-0.1, -0.05) is 30.3 Å². The third kappa shape index (κ3) is 2.52. The van der Waals surface area contributed by atoms with Crippen molar-refractivity contribution in [2.45, 2.75) is 51.1 Å². The largest absolute Gasteiger partial charge is 0.383 e. The third-order valence-corrected chi connectivity index (χ3v) is 5.07. The van der Waals surface area contributed by atoms with Crippen LogP contribution in [0, 0.1) is 0 Å². The van der Waals surface area contributed by atoms with Gasteiger partial charge >= 0.3 is 0 Å². The van der Waals surface area contributed by atoms with Gasteiger partial charge in [0.1, 0.15) is 30.0 Å². The second-order valence-corrected chi connectivity index (χ2v) is 7.41. The maximum atomic E-state index is 6.18. The zero-order chi connectivity index (χ0) is 18.8. The Labute approximate surface area is 156 Å². The molecule has 0 saturated carbocycles. The van der Waals surface area contributed by atoms with Crippen LogP contribution in [-0.4, -0.2) is 43.8 Å². The van der Waals surface area contributed by atoms with E-state index in [0.29, 0.717) is 16.9 Å². The fourth-order valence-electron chi connectivity index (χ4n) is 3.94. The molecule has 0 spiro atoms. The molecule has 8 heteroatoms. The summed E-state index contributed by atoms with van der Waals surface area (Å²) in [6.07, 6.45) is 0.416. The fourth-order valence-corrected chi connectivity index (χ4v) is 3.94. The molecule has 2 saturated heterocycles. The van der Waals surface area contributed by atoms with E-state index in [1.807, 2.05) is 51.1 Å². The molecule has 5 rings (SSSR count). The number of hydrogen-bond acceptors (Lipinski definition) is 7. The maximum Gasteiger partial charge on any atom is 0.181 e. The average Bonchev–Trinajstić information content (AvgIpc) is 3.27. The van der Waals surface area contributed by atoms with Gasteiger partial charge in [0.2, 0.25) is 0 Å². The number of anilines is 1. The van der Waals surface area contributed by atoms with Gasteiger partial charge in [-0.05, 0) is 20.8 Å². The first-order valence-corrected chi connectivity index (χ1v) is 9.00. The molecule has 0 aliphatic carbocycles. The summed E-state index contributed by atoms with van der Waals surface area (Å²) in [5.74, 6) is -0.276. The molecular weight excluding hydrogens is 346 g/mol. The first kappa shape index (κ1) is 16.6. The van der Waals surface area contributed by atoms with Crippen molar-refractivity contribution in [3.63, 3.8) is 0 Å². The van der Waals surface area contributed by atoms with E-state index in [0.717, 1.165) is 11.3 Å². The van der Waals surface area contributed by atoms with Crippen LogP contribution in [0.1, 0.15) is 27.0 Å². The standard InChI is InChI=1S/C19H21N5O3/c1-10-14-15(27-19(2,3)26-14)18(25-10)24-17-12(16(20)21-9-22-17)13(23-24)11-7-5-4-6-8-11/h4-10,14-15,18H,1-3H3,(H2,20,21,22)/t10-,14-,15-,18-/m1/s1. The Morgan fingerprint density at radius 2 is 1.81 bits per heavy atom. The van der Waals surface area contributed by atoms with E-state index in [4.69, 9.17) is 25.0 Å². The van der Waals surface area contributed by atoms with Crippen molar-refractivity contribution in [2.75, 3.05) is 5.73 Å². The molecule has 0 radical (unpaired) electrons. The number of fused-ring (bicyclic) bond motifs is 2. The topological polar surface area (TPSA) is 97.3 Å². The summed E-state index contributed by atoms with van der Waals surface area (Å²) < 4.78 is 20.0. The zero-order valence-electron chi connectivity index (χ0n) is 15.4. The van der Waals surface area contributed by atoms with Crippen molar-refractivity contribution < 1.29 is 14.2 Å². The first-order valence-electron chi connectivity index (χ1n) is 9.00. The second kappa shape index (κ2) is 5.72. The predicted molar refractivity (Wildman–Crippen MR) is 98.6 cm³/mol. The highest BCUT2D eigenvalue weighted by molar-refractivity contribution is 5.98. The van der Waals surface area contributed by atoms with E-state index in [1.165, 1.54) is 6.33 Å². The summed E-state index contributed by atoms with van der Waals surface area (Å²) in [7, 11) is 0. The SMILES string of the molecule is C[C@H]1O[C@@H](n2nc(-c3ccccc3)c3c(N)ncnc32)[C@@H]2OC(C)(C)O[C@@H]21. The molecule has 3 aromatic rings. The molecule has 2 aliphatic rings. The van der Waals surface area contributed by atoms with Crippen molar-refractivity contribution in [2.24, 2.45) is 0 Å². The molecular formula is C19H21N5O3. The minimum absolute atomic E-state index is 0.125. The Morgan fingerprint density at radius 1 is 1.07 bits per heavy atom. The number of nitrogens with two attached hydrogens (primary N) is 1. The normalized spacial score (nSPS) is 29.3. The van der Waals surface area contributed by atoms with Gasteiger partial charge in [-0.3, -0.25) is 0 Å². The third-order valence-electron chi connectivity index (χ3n) is 5.07. The Hall–Kier alpha value is -2.55. The number of rotatable bonds is 2. The first-order chi connectivity index (χ1) is 12.9. The van der Waals surface area contributed by atoms with Gasteiger partial charge in [-0.25, -0.2) is 14.6 Å². The van der Waals surface area contributed by atoms with Crippen LogP contribution >= 0.6 is 0 Å². The van der Waals surface area contributed by atoms with Gasteiger partial charge < -0.3 is 19.9 Å². The molecule has 2 N–H and O–H groups in total. The number of benzene rings is 1. The van der Waals surface area contributed by atoms with Crippen molar-refractivity contribution in [3.05, 3.63) is 36.7 Å². The smallest absolute Gasteiger partial charge is 0.181 e. The quantitative estimate of drug-likeness (QED) is 0.743. The van der Waals surface area contributed by atoms with Crippen LogP contribution in [0.2, 0.25) is 0 Å². The van der Waals surface area contributed by atoms with Crippen molar-refractivity contribution >= 4 is 16.9 Å². The zero-order valence-corrected chi connectivity index (χ0v) is 15.4. The number of hydrogen-bond donors (Lipinski definition) is 1. The molecule has 4 heterocycles. The molecule has 27 heavy (non-hydrogen) atoms. The molecule has 0 amide bonds. The fraction of sp³-hybridized carbons (Fsp3) is 0.421. The maximum absolute atomic E-state index is 6.18. The molecule has 0 bridgehead atoms. The molecule has 4 atom stereocenters. The lowest BCUT2D eigenvalue weighted by Crippen LogP contribution is -2.28. The van der Waals surface area contributed by atoms with Crippen molar-refractivity contribution in [1.29, 1.82) is 0 Å². The van der Waals surface area contributed by atoms with Crippen LogP contribution in [0.3, 0.4) is 0 Å². The van der Waals surface area contributed by atoms with Gasteiger partial charge in [0.05, 0.1) is 11.5 Å². The highest BCUT2D eigenvalue weighted by atomic mass is 16.8. The summed E-state index contributed by atoms with van der Waals surface area (Å²) in [5, 5.41) is 5.53. The van der Waals surface area contributed by atoms with Crippen LogP contribution in [0.15, 0.2) is 36.7 Å². The number of aromatic nitrogens is 4. The van der Waals surface area contributed by atoms with E-state index >= 15 is 0 Å². The van der Waals surface area contributed by atoms with Crippen molar-refractivity contribution in [3.8, 4) is 11.3 Å². The Kier molecular flexibility index (Phi) is 3.52. The van der Waals surface area contributed by atoms with Crippen LogP contribution in [0.25, 0.3) is 22.3 Å². The monoisotopic (exact) mass is 367 g/mol. The van der Waals surface area contributed by atoms with Gasteiger partial charge in [0.25, 0.3) is 0 Å². The second-order valence-electron chi connectivity index (χ2n) is 7.41. The average molecular weight is 367 g/mol. The van der Waals surface area contributed by atoms with E-state index in [-0.39, 0.29) is 18.3 Å². The summed E-state index contributed by atoms with van der Waals surface area (Å²) in [6.45, 7) is 5.80. The summed E-state index contributed by atoms with van der Waals surface area (Å²) >= 11 is 0. The highest BCUT2D eigenvalue weighted by Crippen LogP contribution is 2.44. The van der Waals surface area contributed by atoms with Gasteiger partial charge in [-0.2, -0.15) is 5.10 Å². The number of ether oxygens (including phenoxy) is 3. The summed E-state index contributed by atoms with van der Waals surface area (Å²) in [6, 6.07) is 9.85. The lowest BCUT2D eigenvalue weighted by atomic mass is 10.1. The van der Waals surface area contributed by atoms with E-state index < -0.39 is 12.0 Å². The van der Waals surface area contributed by atoms with Crippen LogP contribution in [0.5, 0.6) is 0 Å². The van der Waals surface area contributed by atoms with Gasteiger partial charge in [0.15, 0.2) is 17.7 Å².